The molecule has 0 unspecified atom stereocenters. The fraction of sp³-hybridized carbons (Fsp3) is 0.353. The maximum absolute atomic E-state index is 12.5. The molecule has 1 aromatic carbocycles. The molecule has 5 nitrogen and oxygen atoms in total. The zero-order chi connectivity index (χ0) is 16.2. The summed E-state index contributed by atoms with van der Waals surface area (Å²) in [7, 11) is 1.65. The van der Waals surface area contributed by atoms with E-state index >= 15 is 0 Å². The predicted octanol–water partition coefficient (Wildman–Crippen LogP) is 2.77. The van der Waals surface area contributed by atoms with E-state index in [2.05, 4.69) is 25.9 Å². The molecule has 2 aromatic rings. The molecule has 6 heteroatoms. The first-order valence-corrected chi connectivity index (χ1v) is 8.34. The molecule has 23 heavy (non-hydrogen) atoms. The van der Waals surface area contributed by atoms with Gasteiger partial charge in [-0.2, -0.15) is 0 Å². The fourth-order valence-electron chi connectivity index (χ4n) is 2.82. The number of ether oxygens (including phenoxy) is 1. The molecule has 0 spiro atoms. The van der Waals surface area contributed by atoms with E-state index in [4.69, 9.17) is 4.74 Å². The Balaban J connectivity index is 1.64. The lowest BCUT2D eigenvalue weighted by Crippen LogP contribution is -2.36. The standard InChI is InChI=1S/C17H18BrN3O2/c1-23-16-4-3-14(18)8-12(16)2-5-17(22)21-7-6-15-13(10-21)9-19-11-20-15/h3-4,8-9,11H,2,5-7,10H2,1H3. The number of methoxy groups -OCH3 is 1. The second-order valence-electron chi connectivity index (χ2n) is 5.52. The molecule has 0 aliphatic carbocycles. The summed E-state index contributed by atoms with van der Waals surface area (Å²) in [6, 6.07) is 5.86. The molecule has 1 amide bonds. The molecule has 3 rings (SSSR count). The molecule has 0 atom stereocenters. The lowest BCUT2D eigenvalue weighted by atomic mass is 10.0. The van der Waals surface area contributed by atoms with Crippen molar-refractivity contribution in [1.29, 1.82) is 0 Å². The minimum atomic E-state index is 0.154. The van der Waals surface area contributed by atoms with Crippen LogP contribution in [-0.2, 0) is 24.2 Å². The van der Waals surface area contributed by atoms with E-state index in [9.17, 15) is 4.79 Å². The number of aromatic nitrogens is 2. The van der Waals surface area contributed by atoms with Gasteiger partial charge in [0.15, 0.2) is 0 Å². The number of carbonyl (C=O) groups is 1. The van der Waals surface area contributed by atoms with E-state index in [0.717, 1.165) is 40.0 Å². The lowest BCUT2D eigenvalue weighted by Gasteiger charge is -2.28. The summed E-state index contributed by atoms with van der Waals surface area (Å²) < 4.78 is 6.35. The van der Waals surface area contributed by atoms with Gasteiger partial charge in [0, 0.05) is 42.2 Å². The van der Waals surface area contributed by atoms with Crippen LogP contribution in [0.1, 0.15) is 23.2 Å². The molecule has 0 fully saturated rings. The van der Waals surface area contributed by atoms with Crippen LogP contribution in [0.4, 0.5) is 0 Å². The number of nitrogens with zero attached hydrogens (tertiary/aromatic N) is 3. The number of carbonyl (C=O) groups excluding carboxylic acids is 1. The van der Waals surface area contributed by atoms with Gasteiger partial charge in [-0.25, -0.2) is 9.97 Å². The molecular formula is C17H18BrN3O2. The summed E-state index contributed by atoms with van der Waals surface area (Å²) in [5.41, 5.74) is 3.14. The van der Waals surface area contributed by atoms with Gasteiger partial charge in [0.1, 0.15) is 12.1 Å². The Kier molecular flexibility index (Phi) is 4.91. The van der Waals surface area contributed by atoms with Gasteiger partial charge in [-0.05, 0) is 30.2 Å². The average Bonchev–Trinajstić information content (AvgIpc) is 2.59. The second-order valence-corrected chi connectivity index (χ2v) is 6.43. The third-order valence-corrected chi connectivity index (χ3v) is 4.56. The second kappa shape index (κ2) is 7.08. The van der Waals surface area contributed by atoms with E-state index in [1.165, 1.54) is 0 Å². The smallest absolute Gasteiger partial charge is 0.223 e. The first-order valence-electron chi connectivity index (χ1n) is 7.55. The van der Waals surface area contributed by atoms with Crippen LogP contribution < -0.4 is 4.74 Å². The van der Waals surface area contributed by atoms with Crippen LogP contribution >= 0.6 is 15.9 Å². The van der Waals surface area contributed by atoms with Gasteiger partial charge in [0.25, 0.3) is 0 Å². The van der Waals surface area contributed by atoms with Gasteiger partial charge in [0.2, 0.25) is 5.91 Å². The highest BCUT2D eigenvalue weighted by Gasteiger charge is 2.21. The molecule has 120 valence electrons. The molecule has 0 saturated carbocycles. The Morgan fingerprint density at radius 1 is 1.43 bits per heavy atom. The Bertz CT molecular complexity index is 721. The first-order chi connectivity index (χ1) is 11.2. The summed E-state index contributed by atoms with van der Waals surface area (Å²) in [6.07, 6.45) is 5.30. The number of hydrogen-bond acceptors (Lipinski definition) is 4. The molecule has 1 aliphatic rings. The molecule has 0 N–H and O–H groups in total. The van der Waals surface area contributed by atoms with Crippen LogP contribution in [0, 0.1) is 0 Å². The van der Waals surface area contributed by atoms with Crippen molar-refractivity contribution in [2.24, 2.45) is 0 Å². The van der Waals surface area contributed by atoms with Crippen LogP contribution in [0.5, 0.6) is 5.75 Å². The van der Waals surface area contributed by atoms with Crippen LogP contribution in [0.2, 0.25) is 0 Å². The van der Waals surface area contributed by atoms with Gasteiger partial charge in [-0.15, -0.1) is 0 Å². The molecule has 0 saturated heterocycles. The maximum Gasteiger partial charge on any atom is 0.223 e. The zero-order valence-corrected chi connectivity index (χ0v) is 14.5. The van der Waals surface area contributed by atoms with Gasteiger partial charge >= 0.3 is 0 Å². The lowest BCUT2D eigenvalue weighted by molar-refractivity contribution is -0.132. The molecule has 2 heterocycles. The molecule has 0 bridgehead atoms. The van der Waals surface area contributed by atoms with Crippen molar-refractivity contribution >= 4 is 21.8 Å². The highest BCUT2D eigenvalue weighted by Crippen LogP contribution is 2.25. The van der Waals surface area contributed by atoms with Gasteiger partial charge in [-0.3, -0.25) is 4.79 Å². The highest BCUT2D eigenvalue weighted by molar-refractivity contribution is 9.10. The van der Waals surface area contributed by atoms with Crippen molar-refractivity contribution in [3.05, 3.63) is 52.0 Å². The fourth-order valence-corrected chi connectivity index (χ4v) is 3.23. The number of aryl methyl sites for hydroxylation is 1. The van der Waals surface area contributed by atoms with Crippen LogP contribution in [0.25, 0.3) is 0 Å². The van der Waals surface area contributed by atoms with Crippen LogP contribution in [-0.4, -0.2) is 34.4 Å². The van der Waals surface area contributed by atoms with E-state index in [1.54, 1.807) is 19.6 Å². The first kappa shape index (κ1) is 15.9. The summed E-state index contributed by atoms with van der Waals surface area (Å²) >= 11 is 3.46. The SMILES string of the molecule is COc1ccc(Br)cc1CCC(=O)N1CCc2ncncc2C1. The Morgan fingerprint density at radius 2 is 2.30 bits per heavy atom. The van der Waals surface area contributed by atoms with Gasteiger partial charge < -0.3 is 9.64 Å². The van der Waals surface area contributed by atoms with Crippen molar-refractivity contribution < 1.29 is 9.53 Å². The minimum absolute atomic E-state index is 0.154. The van der Waals surface area contributed by atoms with Crippen LogP contribution in [0.3, 0.4) is 0 Å². The van der Waals surface area contributed by atoms with E-state index < -0.39 is 0 Å². The maximum atomic E-state index is 12.5. The minimum Gasteiger partial charge on any atom is -0.496 e. The molecule has 1 aromatic heterocycles. The normalized spacial score (nSPS) is 13.6. The molecule has 0 radical (unpaired) electrons. The molecule has 1 aliphatic heterocycles. The van der Waals surface area contributed by atoms with Crippen molar-refractivity contribution in [1.82, 2.24) is 14.9 Å². The van der Waals surface area contributed by atoms with Crippen molar-refractivity contribution in [3.8, 4) is 5.75 Å². The van der Waals surface area contributed by atoms with Crippen molar-refractivity contribution in [2.45, 2.75) is 25.8 Å². The van der Waals surface area contributed by atoms with E-state index in [1.807, 2.05) is 23.1 Å². The summed E-state index contributed by atoms with van der Waals surface area (Å²) in [5.74, 6) is 0.972. The van der Waals surface area contributed by atoms with E-state index in [-0.39, 0.29) is 5.91 Å². The third kappa shape index (κ3) is 3.69. The molecular weight excluding hydrogens is 358 g/mol. The summed E-state index contributed by atoms with van der Waals surface area (Å²) in [6.45, 7) is 1.32. The Hall–Kier alpha value is -1.95. The number of amides is 1. The average molecular weight is 376 g/mol. The number of benzene rings is 1. The number of halogens is 1. The number of fused-ring (bicyclic) bond motifs is 1. The largest absolute Gasteiger partial charge is 0.496 e. The predicted molar refractivity (Wildman–Crippen MR) is 90.2 cm³/mol. The quantitative estimate of drug-likeness (QED) is 0.824. The van der Waals surface area contributed by atoms with Crippen molar-refractivity contribution in [2.75, 3.05) is 13.7 Å². The van der Waals surface area contributed by atoms with Crippen molar-refractivity contribution in [3.63, 3.8) is 0 Å². The third-order valence-electron chi connectivity index (χ3n) is 4.06. The highest BCUT2D eigenvalue weighted by atomic mass is 79.9. The topological polar surface area (TPSA) is 55.3 Å². The Morgan fingerprint density at radius 3 is 3.13 bits per heavy atom. The summed E-state index contributed by atoms with van der Waals surface area (Å²) in [5, 5.41) is 0. The Labute approximate surface area is 143 Å². The van der Waals surface area contributed by atoms with Gasteiger partial charge in [0.05, 0.1) is 12.8 Å². The summed E-state index contributed by atoms with van der Waals surface area (Å²) in [4.78, 5) is 22.7. The monoisotopic (exact) mass is 375 g/mol. The number of hydrogen-bond donors (Lipinski definition) is 0. The van der Waals surface area contributed by atoms with E-state index in [0.29, 0.717) is 19.4 Å². The van der Waals surface area contributed by atoms with Gasteiger partial charge in [-0.1, -0.05) is 15.9 Å². The number of rotatable bonds is 4. The van der Waals surface area contributed by atoms with Crippen LogP contribution in [0.15, 0.2) is 35.2 Å². The zero-order valence-electron chi connectivity index (χ0n) is 13.0.